The molecule has 1 saturated heterocycles. The molecule has 1 nitrogen and oxygen atoms in total. The Morgan fingerprint density at radius 1 is 1.43 bits per heavy atom. The molecule has 1 heteroatoms. The van der Waals surface area contributed by atoms with E-state index in [0.717, 1.165) is 19.3 Å². The van der Waals surface area contributed by atoms with Gasteiger partial charge in [-0.1, -0.05) is 46.3 Å². The van der Waals surface area contributed by atoms with Crippen molar-refractivity contribution < 1.29 is 4.74 Å². The van der Waals surface area contributed by atoms with E-state index in [0.29, 0.717) is 12.2 Å². The molecule has 1 aliphatic heterocycles. The van der Waals surface area contributed by atoms with Crippen LogP contribution < -0.4 is 0 Å². The van der Waals surface area contributed by atoms with Gasteiger partial charge in [-0.15, -0.1) is 0 Å². The molecule has 0 bridgehead atoms. The molecule has 1 rings (SSSR count). The third-order valence-electron chi connectivity index (χ3n) is 3.55. The lowest BCUT2D eigenvalue weighted by molar-refractivity contribution is -0.0923. The molecule has 0 aliphatic carbocycles. The van der Waals surface area contributed by atoms with Crippen LogP contribution in [0.3, 0.4) is 0 Å². The second-order valence-corrected chi connectivity index (χ2v) is 4.97. The van der Waals surface area contributed by atoms with Gasteiger partial charge in [-0.2, -0.15) is 0 Å². The van der Waals surface area contributed by atoms with Gasteiger partial charge in [-0.3, -0.25) is 0 Å². The van der Waals surface area contributed by atoms with Crippen molar-refractivity contribution in [3.63, 3.8) is 0 Å². The summed E-state index contributed by atoms with van der Waals surface area (Å²) in [7, 11) is 0. The summed E-state index contributed by atoms with van der Waals surface area (Å²) < 4.78 is 6.10. The smallest absolute Gasteiger partial charge is 0.0666 e. The molecule has 0 saturated carbocycles. The van der Waals surface area contributed by atoms with Crippen LogP contribution in [0.5, 0.6) is 0 Å². The zero-order valence-corrected chi connectivity index (χ0v) is 10.1. The summed E-state index contributed by atoms with van der Waals surface area (Å²) in [5, 5.41) is 0. The van der Waals surface area contributed by atoms with Gasteiger partial charge in [-0.25, -0.2) is 0 Å². The molecule has 0 N–H and O–H groups in total. The zero-order chi connectivity index (χ0) is 10.8. The molecule has 82 valence electrons. The fraction of sp³-hybridized carbons (Fsp3) is 0.846. The minimum Gasteiger partial charge on any atom is -0.374 e. The highest BCUT2D eigenvalue weighted by molar-refractivity contribution is 5.14. The second kappa shape index (κ2) is 4.48. The monoisotopic (exact) mass is 196 g/mol. The van der Waals surface area contributed by atoms with Crippen molar-refractivity contribution in [3.05, 3.63) is 12.2 Å². The predicted molar refractivity (Wildman–Crippen MR) is 61.4 cm³/mol. The molecule has 2 unspecified atom stereocenters. The number of rotatable bonds is 3. The lowest BCUT2D eigenvalue weighted by Gasteiger charge is -2.44. The average Bonchev–Trinajstić information content (AvgIpc) is 2.13. The van der Waals surface area contributed by atoms with Crippen molar-refractivity contribution in [2.24, 2.45) is 5.41 Å². The van der Waals surface area contributed by atoms with E-state index in [2.05, 4.69) is 34.3 Å². The number of hydrogen-bond donors (Lipinski definition) is 0. The van der Waals surface area contributed by atoms with Crippen LogP contribution in [0.2, 0.25) is 0 Å². The van der Waals surface area contributed by atoms with Gasteiger partial charge in [-0.05, 0) is 19.3 Å². The topological polar surface area (TPSA) is 9.23 Å². The Balaban J connectivity index is 2.73. The van der Waals surface area contributed by atoms with Gasteiger partial charge in [0.25, 0.3) is 0 Å². The van der Waals surface area contributed by atoms with Crippen LogP contribution in [0.1, 0.15) is 53.4 Å². The van der Waals surface area contributed by atoms with Gasteiger partial charge < -0.3 is 4.74 Å². The van der Waals surface area contributed by atoms with Crippen LogP contribution in [0, 0.1) is 5.41 Å². The third-order valence-corrected chi connectivity index (χ3v) is 3.55. The Morgan fingerprint density at radius 2 is 2.07 bits per heavy atom. The van der Waals surface area contributed by atoms with Crippen molar-refractivity contribution in [2.75, 3.05) is 0 Å². The first-order valence-electron chi connectivity index (χ1n) is 5.86. The molecule has 1 heterocycles. The Labute approximate surface area is 88.5 Å². The molecule has 14 heavy (non-hydrogen) atoms. The zero-order valence-electron chi connectivity index (χ0n) is 10.1. The van der Waals surface area contributed by atoms with Gasteiger partial charge in [0, 0.05) is 5.41 Å². The SMILES string of the molecule is C=C1CC(CC)OC(CCC)C1(C)C. The molecule has 2 atom stereocenters. The van der Waals surface area contributed by atoms with Gasteiger partial charge in [0.2, 0.25) is 0 Å². The van der Waals surface area contributed by atoms with E-state index in [1.165, 1.54) is 12.0 Å². The van der Waals surface area contributed by atoms with E-state index < -0.39 is 0 Å². The normalized spacial score (nSPS) is 31.9. The van der Waals surface area contributed by atoms with Crippen molar-refractivity contribution in [3.8, 4) is 0 Å². The Hall–Kier alpha value is -0.300. The van der Waals surface area contributed by atoms with E-state index in [-0.39, 0.29) is 5.41 Å². The molecule has 0 aromatic rings. The van der Waals surface area contributed by atoms with E-state index in [9.17, 15) is 0 Å². The summed E-state index contributed by atoms with van der Waals surface area (Å²) in [6, 6.07) is 0. The number of ether oxygens (including phenoxy) is 1. The summed E-state index contributed by atoms with van der Waals surface area (Å²) in [5.74, 6) is 0. The third kappa shape index (κ3) is 2.20. The van der Waals surface area contributed by atoms with E-state index in [1.54, 1.807) is 0 Å². The Morgan fingerprint density at radius 3 is 2.57 bits per heavy atom. The fourth-order valence-electron chi connectivity index (χ4n) is 2.15. The van der Waals surface area contributed by atoms with E-state index in [4.69, 9.17) is 4.74 Å². The quantitative estimate of drug-likeness (QED) is 0.621. The largest absolute Gasteiger partial charge is 0.374 e. The van der Waals surface area contributed by atoms with Crippen LogP contribution in [0.25, 0.3) is 0 Å². The molecule has 1 aliphatic rings. The van der Waals surface area contributed by atoms with E-state index >= 15 is 0 Å². The van der Waals surface area contributed by atoms with Gasteiger partial charge in [0.15, 0.2) is 0 Å². The van der Waals surface area contributed by atoms with Crippen LogP contribution in [0.15, 0.2) is 12.2 Å². The van der Waals surface area contributed by atoms with Gasteiger partial charge in [0.1, 0.15) is 0 Å². The van der Waals surface area contributed by atoms with Gasteiger partial charge >= 0.3 is 0 Å². The maximum Gasteiger partial charge on any atom is 0.0666 e. The average molecular weight is 196 g/mol. The minimum absolute atomic E-state index is 0.168. The lowest BCUT2D eigenvalue weighted by Crippen LogP contribution is -2.42. The Bertz CT molecular complexity index is 205. The van der Waals surface area contributed by atoms with Crippen molar-refractivity contribution in [2.45, 2.75) is 65.6 Å². The second-order valence-electron chi connectivity index (χ2n) is 4.97. The van der Waals surface area contributed by atoms with Gasteiger partial charge in [0.05, 0.1) is 12.2 Å². The molecular weight excluding hydrogens is 172 g/mol. The molecule has 0 aromatic carbocycles. The van der Waals surface area contributed by atoms with Crippen molar-refractivity contribution in [1.29, 1.82) is 0 Å². The maximum atomic E-state index is 6.10. The molecule has 0 amide bonds. The highest BCUT2D eigenvalue weighted by Crippen LogP contribution is 2.41. The van der Waals surface area contributed by atoms with Crippen LogP contribution in [0.4, 0.5) is 0 Å². The molecule has 0 aromatic heterocycles. The van der Waals surface area contributed by atoms with Crippen molar-refractivity contribution in [1.82, 2.24) is 0 Å². The van der Waals surface area contributed by atoms with Crippen LogP contribution in [-0.2, 0) is 4.74 Å². The minimum atomic E-state index is 0.168. The molecule has 0 spiro atoms. The summed E-state index contributed by atoms with van der Waals surface area (Å²) in [6.45, 7) is 13.2. The standard InChI is InChI=1S/C13H24O/c1-6-8-12-13(4,5)10(3)9-11(7-2)14-12/h11-12H,3,6-9H2,1-2,4-5H3. The summed E-state index contributed by atoms with van der Waals surface area (Å²) in [4.78, 5) is 0. The van der Waals surface area contributed by atoms with Crippen LogP contribution in [-0.4, -0.2) is 12.2 Å². The predicted octanol–water partition coefficient (Wildman–Crippen LogP) is 3.94. The van der Waals surface area contributed by atoms with E-state index in [1.807, 2.05) is 0 Å². The van der Waals surface area contributed by atoms with Crippen LogP contribution >= 0.6 is 0 Å². The number of hydrogen-bond acceptors (Lipinski definition) is 1. The lowest BCUT2D eigenvalue weighted by atomic mass is 9.73. The molecule has 0 radical (unpaired) electrons. The van der Waals surface area contributed by atoms with Crippen molar-refractivity contribution >= 4 is 0 Å². The highest BCUT2D eigenvalue weighted by atomic mass is 16.5. The molecular formula is C13H24O. The summed E-state index contributed by atoms with van der Waals surface area (Å²) in [5.41, 5.74) is 1.54. The maximum absolute atomic E-state index is 6.10. The first-order valence-corrected chi connectivity index (χ1v) is 5.86. The fourth-order valence-corrected chi connectivity index (χ4v) is 2.15. The Kier molecular flexibility index (Phi) is 3.77. The summed E-state index contributed by atoms with van der Waals surface area (Å²) in [6.07, 6.45) is 5.28. The first kappa shape index (κ1) is 11.8. The first-order chi connectivity index (χ1) is 6.52. The summed E-state index contributed by atoms with van der Waals surface area (Å²) >= 11 is 0. The molecule has 1 fully saturated rings. The highest BCUT2D eigenvalue weighted by Gasteiger charge is 2.38.